The van der Waals surface area contributed by atoms with Gasteiger partial charge in [-0.05, 0) is 31.7 Å². The fourth-order valence-corrected chi connectivity index (χ4v) is 3.03. The van der Waals surface area contributed by atoms with Crippen molar-refractivity contribution in [2.75, 3.05) is 18.0 Å². The van der Waals surface area contributed by atoms with Gasteiger partial charge in [-0.2, -0.15) is 0 Å². The van der Waals surface area contributed by atoms with E-state index in [1.807, 2.05) is 18.3 Å². The molecule has 1 fully saturated rings. The molecule has 2 N–H and O–H groups in total. The standard InChI is InChI=1S/C18H24N4/c1-3-16-17(22-10-8-14(19)9-11-22)12-20-18(21-16)15-7-5-4-6-13(15)2/h4-7,12,14H,3,8-11,19H2,1-2H3. The lowest BCUT2D eigenvalue weighted by Crippen LogP contribution is -2.40. The number of hydrogen-bond donors (Lipinski definition) is 1. The van der Waals surface area contributed by atoms with E-state index in [1.165, 1.54) is 11.3 Å². The first kappa shape index (κ1) is 15.0. The minimum atomic E-state index is 0.341. The van der Waals surface area contributed by atoms with Crippen LogP contribution in [0.4, 0.5) is 5.69 Å². The summed E-state index contributed by atoms with van der Waals surface area (Å²) in [4.78, 5) is 11.8. The van der Waals surface area contributed by atoms with Gasteiger partial charge in [0.1, 0.15) is 0 Å². The van der Waals surface area contributed by atoms with E-state index in [4.69, 9.17) is 10.7 Å². The van der Waals surface area contributed by atoms with Gasteiger partial charge < -0.3 is 10.6 Å². The second kappa shape index (κ2) is 6.44. The van der Waals surface area contributed by atoms with Crippen molar-refractivity contribution in [3.05, 3.63) is 41.7 Å². The van der Waals surface area contributed by atoms with Crippen LogP contribution in [0.1, 0.15) is 31.0 Å². The van der Waals surface area contributed by atoms with E-state index in [0.717, 1.165) is 49.4 Å². The molecule has 3 rings (SSSR count). The predicted octanol–water partition coefficient (Wildman–Crippen LogP) is 2.94. The quantitative estimate of drug-likeness (QED) is 0.946. The minimum Gasteiger partial charge on any atom is -0.369 e. The van der Waals surface area contributed by atoms with Crippen LogP contribution in [0, 0.1) is 6.92 Å². The summed E-state index contributed by atoms with van der Waals surface area (Å²) in [5.41, 5.74) is 10.6. The number of nitrogens with zero attached hydrogens (tertiary/aromatic N) is 3. The summed E-state index contributed by atoms with van der Waals surface area (Å²) in [5.74, 6) is 0.826. The highest BCUT2D eigenvalue weighted by atomic mass is 15.2. The molecule has 0 spiro atoms. The lowest BCUT2D eigenvalue weighted by molar-refractivity contribution is 0.499. The van der Waals surface area contributed by atoms with Gasteiger partial charge in [-0.1, -0.05) is 31.2 Å². The van der Waals surface area contributed by atoms with Crippen LogP contribution in [0.5, 0.6) is 0 Å². The molecule has 4 nitrogen and oxygen atoms in total. The molecule has 4 heteroatoms. The third-order valence-electron chi connectivity index (χ3n) is 4.45. The average Bonchev–Trinajstić information content (AvgIpc) is 2.55. The van der Waals surface area contributed by atoms with Crippen LogP contribution >= 0.6 is 0 Å². The number of piperidine rings is 1. The summed E-state index contributed by atoms with van der Waals surface area (Å²) >= 11 is 0. The van der Waals surface area contributed by atoms with Gasteiger partial charge in [0.2, 0.25) is 0 Å². The van der Waals surface area contributed by atoms with Crippen molar-refractivity contribution in [2.24, 2.45) is 5.73 Å². The Morgan fingerprint density at radius 3 is 2.64 bits per heavy atom. The van der Waals surface area contributed by atoms with E-state index in [9.17, 15) is 0 Å². The molecule has 1 saturated heterocycles. The molecule has 2 aromatic rings. The fraction of sp³-hybridized carbons (Fsp3) is 0.444. The van der Waals surface area contributed by atoms with Crippen LogP contribution in [0.15, 0.2) is 30.5 Å². The van der Waals surface area contributed by atoms with E-state index in [-0.39, 0.29) is 0 Å². The highest BCUT2D eigenvalue weighted by molar-refractivity contribution is 5.62. The molecular weight excluding hydrogens is 272 g/mol. The van der Waals surface area contributed by atoms with Crippen molar-refractivity contribution < 1.29 is 0 Å². The largest absolute Gasteiger partial charge is 0.369 e. The lowest BCUT2D eigenvalue weighted by atomic mass is 10.0. The average molecular weight is 296 g/mol. The van der Waals surface area contributed by atoms with Gasteiger partial charge >= 0.3 is 0 Å². The van der Waals surface area contributed by atoms with Crippen molar-refractivity contribution in [1.82, 2.24) is 9.97 Å². The lowest BCUT2D eigenvalue weighted by Gasteiger charge is -2.32. The minimum absolute atomic E-state index is 0.341. The van der Waals surface area contributed by atoms with Crippen molar-refractivity contribution in [3.8, 4) is 11.4 Å². The predicted molar refractivity (Wildman–Crippen MR) is 91.0 cm³/mol. The number of nitrogens with two attached hydrogens (primary N) is 1. The van der Waals surface area contributed by atoms with Crippen molar-refractivity contribution in [2.45, 2.75) is 39.2 Å². The molecule has 1 aromatic heterocycles. The van der Waals surface area contributed by atoms with Gasteiger partial charge in [0, 0.05) is 24.7 Å². The summed E-state index contributed by atoms with van der Waals surface area (Å²) in [6, 6.07) is 8.62. The molecule has 0 amide bonds. The Morgan fingerprint density at radius 1 is 1.23 bits per heavy atom. The van der Waals surface area contributed by atoms with Crippen LogP contribution < -0.4 is 10.6 Å². The highest BCUT2D eigenvalue weighted by Gasteiger charge is 2.20. The van der Waals surface area contributed by atoms with E-state index < -0.39 is 0 Å². The maximum Gasteiger partial charge on any atom is 0.159 e. The summed E-state index contributed by atoms with van der Waals surface area (Å²) in [5, 5.41) is 0. The monoisotopic (exact) mass is 296 g/mol. The molecule has 0 radical (unpaired) electrons. The Bertz CT molecular complexity index is 645. The maximum absolute atomic E-state index is 6.00. The van der Waals surface area contributed by atoms with Crippen LogP contribution in [0.25, 0.3) is 11.4 Å². The Kier molecular flexibility index (Phi) is 4.39. The smallest absolute Gasteiger partial charge is 0.159 e. The van der Waals surface area contributed by atoms with Gasteiger partial charge in [-0.3, -0.25) is 0 Å². The first-order valence-electron chi connectivity index (χ1n) is 8.11. The van der Waals surface area contributed by atoms with E-state index in [1.54, 1.807) is 0 Å². The molecule has 2 heterocycles. The van der Waals surface area contributed by atoms with Gasteiger partial charge in [-0.15, -0.1) is 0 Å². The second-order valence-electron chi connectivity index (χ2n) is 6.02. The molecule has 0 saturated carbocycles. The van der Waals surface area contributed by atoms with E-state index in [2.05, 4.69) is 35.9 Å². The molecule has 0 atom stereocenters. The topological polar surface area (TPSA) is 55.0 Å². The van der Waals surface area contributed by atoms with Crippen LogP contribution in [0.2, 0.25) is 0 Å². The number of hydrogen-bond acceptors (Lipinski definition) is 4. The molecule has 0 unspecified atom stereocenters. The van der Waals surface area contributed by atoms with E-state index >= 15 is 0 Å². The number of anilines is 1. The molecule has 1 aromatic carbocycles. The van der Waals surface area contributed by atoms with Gasteiger partial charge in [-0.25, -0.2) is 9.97 Å². The maximum atomic E-state index is 6.00. The zero-order chi connectivity index (χ0) is 15.5. The molecule has 0 aliphatic carbocycles. The van der Waals surface area contributed by atoms with Crippen molar-refractivity contribution >= 4 is 5.69 Å². The van der Waals surface area contributed by atoms with Crippen LogP contribution in [-0.2, 0) is 6.42 Å². The summed E-state index contributed by atoms with van der Waals surface area (Å²) in [6.45, 7) is 6.26. The molecule has 1 aliphatic rings. The first-order chi connectivity index (χ1) is 10.7. The molecule has 0 bridgehead atoms. The third kappa shape index (κ3) is 2.97. The first-order valence-corrected chi connectivity index (χ1v) is 8.11. The number of benzene rings is 1. The fourth-order valence-electron chi connectivity index (χ4n) is 3.03. The van der Waals surface area contributed by atoms with Crippen LogP contribution in [0.3, 0.4) is 0 Å². The van der Waals surface area contributed by atoms with Crippen molar-refractivity contribution in [1.29, 1.82) is 0 Å². The molecule has 1 aliphatic heterocycles. The SMILES string of the molecule is CCc1nc(-c2ccccc2C)ncc1N1CCC(N)CC1. The third-order valence-corrected chi connectivity index (χ3v) is 4.45. The number of rotatable bonds is 3. The van der Waals surface area contributed by atoms with E-state index in [0.29, 0.717) is 6.04 Å². The second-order valence-corrected chi connectivity index (χ2v) is 6.02. The summed E-state index contributed by atoms with van der Waals surface area (Å²) < 4.78 is 0. The zero-order valence-corrected chi connectivity index (χ0v) is 13.4. The molecular formula is C18H24N4. The normalized spacial score (nSPS) is 16.0. The van der Waals surface area contributed by atoms with Crippen LogP contribution in [-0.4, -0.2) is 29.1 Å². The van der Waals surface area contributed by atoms with Gasteiger partial charge in [0.15, 0.2) is 5.82 Å². The van der Waals surface area contributed by atoms with Crippen molar-refractivity contribution in [3.63, 3.8) is 0 Å². The number of aromatic nitrogens is 2. The zero-order valence-electron chi connectivity index (χ0n) is 13.4. The molecule has 116 valence electrons. The summed E-state index contributed by atoms with van der Waals surface area (Å²) in [7, 11) is 0. The molecule has 22 heavy (non-hydrogen) atoms. The highest BCUT2D eigenvalue weighted by Crippen LogP contribution is 2.26. The summed E-state index contributed by atoms with van der Waals surface area (Å²) in [6.07, 6.45) is 5.00. The number of aryl methyl sites for hydroxylation is 2. The Balaban J connectivity index is 1.93. The van der Waals surface area contributed by atoms with Gasteiger partial charge in [0.05, 0.1) is 17.6 Å². The Hall–Kier alpha value is -1.94. The Morgan fingerprint density at radius 2 is 1.95 bits per heavy atom. The Labute approximate surface area is 132 Å². The van der Waals surface area contributed by atoms with Gasteiger partial charge in [0.25, 0.3) is 0 Å².